The molecule has 2 nitrogen and oxygen atoms in total. The van der Waals surface area contributed by atoms with Crippen molar-refractivity contribution >= 4 is 5.78 Å². The van der Waals surface area contributed by atoms with Gasteiger partial charge in [-0.1, -0.05) is 38.1 Å². The van der Waals surface area contributed by atoms with Crippen LogP contribution >= 0.6 is 0 Å². The fourth-order valence-electron chi connectivity index (χ4n) is 2.95. The number of methoxy groups -OCH3 is 1. The van der Waals surface area contributed by atoms with E-state index in [9.17, 15) is 4.79 Å². The molecule has 3 rings (SSSR count). The monoisotopic (exact) mass is 294 g/mol. The Bertz CT molecular complexity index is 653. The zero-order valence-corrected chi connectivity index (χ0v) is 13.4. The Hall–Kier alpha value is -2.09. The maximum atomic E-state index is 12.5. The maximum absolute atomic E-state index is 12.5. The van der Waals surface area contributed by atoms with Gasteiger partial charge in [0.05, 0.1) is 7.11 Å². The molecule has 0 spiro atoms. The first-order chi connectivity index (χ1) is 10.6. The number of carbonyl (C=O) groups is 1. The molecule has 0 saturated heterocycles. The molecule has 2 aromatic carbocycles. The molecule has 2 aromatic rings. The molecule has 0 radical (unpaired) electrons. The number of ether oxygens (including phenoxy) is 1. The highest BCUT2D eigenvalue weighted by Gasteiger charge is 2.43. The van der Waals surface area contributed by atoms with E-state index in [1.807, 2.05) is 24.3 Å². The highest BCUT2D eigenvalue weighted by molar-refractivity contribution is 6.00. The van der Waals surface area contributed by atoms with Crippen LogP contribution in [0.3, 0.4) is 0 Å². The van der Waals surface area contributed by atoms with Crippen LogP contribution in [-0.2, 0) is 0 Å². The summed E-state index contributed by atoms with van der Waals surface area (Å²) in [6.07, 6.45) is 0.964. The van der Waals surface area contributed by atoms with Gasteiger partial charge >= 0.3 is 0 Å². The Morgan fingerprint density at radius 3 is 2.23 bits per heavy atom. The summed E-state index contributed by atoms with van der Waals surface area (Å²) in [5.74, 6) is 2.10. The minimum atomic E-state index is 0.137. The van der Waals surface area contributed by atoms with Crippen LogP contribution < -0.4 is 4.74 Å². The van der Waals surface area contributed by atoms with Gasteiger partial charge in [0.25, 0.3) is 0 Å². The number of carbonyl (C=O) groups excluding carboxylic acids is 1. The standard InChI is InChI=1S/C20H22O2/c1-13(2)14-4-6-15(7-5-14)18-12-19(18)20(21)16-8-10-17(22-3)11-9-16/h4-11,13,18-19H,12H2,1-3H3. The molecule has 0 amide bonds. The van der Waals surface area contributed by atoms with E-state index in [1.54, 1.807) is 7.11 Å². The van der Waals surface area contributed by atoms with E-state index >= 15 is 0 Å². The van der Waals surface area contributed by atoms with Gasteiger partial charge < -0.3 is 4.74 Å². The lowest BCUT2D eigenvalue weighted by atomic mass is 9.98. The van der Waals surface area contributed by atoms with Crippen molar-refractivity contribution in [3.8, 4) is 5.75 Å². The first-order valence-electron chi connectivity index (χ1n) is 7.88. The molecular formula is C20H22O2. The average Bonchev–Trinajstić information content (AvgIpc) is 3.35. The first kappa shape index (κ1) is 14.8. The lowest BCUT2D eigenvalue weighted by molar-refractivity contribution is 0.0965. The predicted octanol–water partition coefficient (Wildman–Crippen LogP) is 4.81. The van der Waals surface area contributed by atoms with E-state index in [4.69, 9.17) is 4.74 Å². The normalized spacial score (nSPS) is 20.0. The third-order valence-corrected chi connectivity index (χ3v) is 4.53. The molecule has 0 heterocycles. The van der Waals surface area contributed by atoms with Gasteiger partial charge in [0, 0.05) is 11.5 Å². The van der Waals surface area contributed by atoms with E-state index in [0.717, 1.165) is 17.7 Å². The van der Waals surface area contributed by atoms with Gasteiger partial charge in [-0.05, 0) is 53.6 Å². The fraction of sp³-hybridized carbons (Fsp3) is 0.350. The topological polar surface area (TPSA) is 26.3 Å². The SMILES string of the molecule is COc1ccc(C(=O)C2CC2c2ccc(C(C)C)cc2)cc1. The summed E-state index contributed by atoms with van der Waals surface area (Å²) in [4.78, 5) is 12.5. The third-order valence-electron chi connectivity index (χ3n) is 4.53. The lowest BCUT2D eigenvalue weighted by Crippen LogP contribution is -2.03. The Kier molecular flexibility index (Phi) is 4.02. The van der Waals surface area contributed by atoms with Crippen molar-refractivity contribution in [2.75, 3.05) is 7.11 Å². The zero-order chi connectivity index (χ0) is 15.7. The van der Waals surface area contributed by atoms with Gasteiger partial charge in [-0.25, -0.2) is 0 Å². The van der Waals surface area contributed by atoms with Crippen LogP contribution in [-0.4, -0.2) is 12.9 Å². The van der Waals surface area contributed by atoms with Crippen LogP contribution in [0.15, 0.2) is 48.5 Å². The van der Waals surface area contributed by atoms with E-state index in [0.29, 0.717) is 11.8 Å². The van der Waals surface area contributed by atoms with Crippen LogP contribution in [0.25, 0.3) is 0 Å². The largest absolute Gasteiger partial charge is 0.497 e. The van der Waals surface area contributed by atoms with E-state index < -0.39 is 0 Å². The van der Waals surface area contributed by atoms with Gasteiger partial charge in [-0.3, -0.25) is 4.79 Å². The van der Waals surface area contributed by atoms with Crippen LogP contribution in [0.1, 0.15) is 53.6 Å². The van der Waals surface area contributed by atoms with E-state index in [-0.39, 0.29) is 11.7 Å². The smallest absolute Gasteiger partial charge is 0.166 e. The number of hydrogen-bond donors (Lipinski definition) is 0. The third kappa shape index (κ3) is 2.92. The molecule has 1 aliphatic carbocycles. The minimum absolute atomic E-state index is 0.137. The Morgan fingerprint density at radius 1 is 1.05 bits per heavy atom. The van der Waals surface area contributed by atoms with Crippen molar-refractivity contribution < 1.29 is 9.53 Å². The molecule has 1 fully saturated rings. The predicted molar refractivity (Wildman–Crippen MR) is 88.7 cm³/mol. The summed E-state index contributed by atoms with van der Waals surface area (Å²) < 4.78 is 5.13. The quantitative estimate of drug-likeness (QED) is 0.740. The molecular weight excluding hydrogens is 272 g/mol. The molecule has 0 bridgehead atoms. The van der Waals surface area contributed by atoms with Gasteiger partial charge in [0.2, 0.25) is 0 Å². The number of hydrogen-bond acceptors (Lipinski definition) is 2. The molecule has 1 saturated carbocycles. The molecule has 2 atom stereocenters. The van der Waals surface area contributed by atoms with Gasteiger partial charge in [0.15, 0.2) is 5.78 Å². The Balaban J connectivity index is 1.69. The average molecular weight is 294 g/mol. The zero-order valence-electron chi connectivity index (χ0n) is 13.4. The molecule has 2 unspecified atom stereocenters. The molecule has 1 aliphatic rings. The maximum Gasteiger partial charge on any atom is 0.166 e. The van der Waals surface area contributed by atoms with E-state index in [2.05, 4.69) is 38.1 Å². The van der Waals surface area contributed by atoms with Crippen molar-refractivity contribution in [1.29, 1.82) is 0 Å². The Labute approximate surface area is 132 Å². The van der Waals surface area contributed by atoms with Crippen LogP contribution in [0, 0.1) is 5.92 Å². The summed E-state index contributed by atoms with van der Waals surface area (Å²) in [6, 6.07) is 16.2. The molecule has 114 valence electrons. The van der Waals surface area contributed by atoms with Gasteiger partial charge in [-0.2, -0.15) is 0 Å². The van der Waals surface area contributed by atoms with Crippen LogP contribution in [0.2, 0.25) is 0 Å². The summed E-state index contributed by atoms with van der Waals surface area (Å²) in [5.41, 5.74) is 3.42. The molecule has 22 heavy (non-hydrogen) atoms. The van der Waals surface area contributed by atoms with Crippen LogP contribution in [0.4, 0.5) is 0 Å². The van der Waals surface area contributed by atoms with Crippen molar-refractivity contribution in [2.24, 2.45) is 5.92 Å². The second-order valence-corrected chi connectivity index (χ2v) is 6.36. The minimum Gasteiger partial charge on any atom is -0.497 e. The van der Waals surface area contributed by atoms with Gasteiger partial charge in [-0.15, -0.1) is 0 Å². The van der Waals surface area contributed by atoms with Crippen molar-refractivity contribution in [1.82, 2.24) is 0 Å². The summed E-state index contributed by atoms with van der Waals surface area (Å²) in [7, 11) is 1.63. The highest BCUT2D eigenvalue weighted by Crippen LogP contribution is 2.49. The van der Waals surface area contributed by atoms with E-state index in [1.165, 1.54) is 11.1 Å². The molecule has 0 aliphatic heterocycles. The molecule has 0 aromatic heterocycles. The van der Waals surface area contributed by atoms with Crippen molar-refractivity contribution in [3.63, 3.8) is 0 Å². The molecule has 2 heteroatoms. The fourth-order valence-corrected chi connectivity index (χ4v) is 2.95. The Morgan fingerprint density at radius 2 is 1.68 bits per heavy atom. The second kappa shape index (κ2) is 5.96. The second-order valence-electron chi connectivity index (χ2n) is 6.36. The first-order valence-corrected chi connectivity index (χ1v) is 7.88. The highest BCUT2D eigenvalue weighted by atomic mass is 16.5. The number of benzene rings is 2. The van der Waals surface area contributed by atoms with Crippen molar-refractivity contribution in [2.45, 2.75) is 32.1 Å². The van der Waals surface area contributed by atoms with Crippen molar-refractivity contribution in [3.05, 3.63) is 65.2 Å². The summed E-state index contributed by atoms with van der Waals surface area (Å²) in [6.45, 7) is 4.39. The summed E-state index contributed by atoms with van der Waals surface area (Å²) in [5, 5.41) is 0. The number of Topliss-reactive ketones (excluding diaryl/α,β-unsaturated/α-hetero) is 1. The number of ketones is 1. The van der Waals surface area contributed by atoms with Crippen LogP contribution in [0.5, 0.6) is 5.75 Å². The lowest BCUT2D eigenvalue weighted by Gasteiger charge is -2.07. The molecule has 0 N–H and O–H groups in total. The van der Waals surface area contributed by atoms with Gasteiger partial charge in [0.1, 0.15) is 5.75 Å². The summed E-state index contributed by atoms with van der Waals surface area (Å²) >= 11 is 0. The number of rotatable bonds is 5.